The molecule has 1 nitrogen and oxygen atoms in total. The average Bonchev–Trinajstić information content (AvgIpc) is 2.44. The molecule has 1 aliphatic rings. The monoisotopic (exact) mass is 189 g/mol. The van der Waals surface area contributed by atoms with Crippen LogP contribution in [0.25, 0.3) is 0 Å². The molecule has 0 saturated carbocycles. The van der Waals surface area contributed by atoms with Gasteiger partial charge in [0.1, 0.15) is 0 Å². The van der Waals surface area contributed by atoms with Gasteiger partial charge in [0, 0.05) is 6.04 Å². The van der Waals surface area contributed by atoms with Crippen LogP contribution in [0.1, 0.15) is 49.8 Å². The van der Waals surface area contributed by atoms with Gasteiger partial charge in [-0.3, -0.25) is 0 Å². The van der Waals surface area contributed by atoms with Gasteiger partial charge in [-0.05, 0) is 35.8 Å². The van der Waals surface area contributed by atoms with Gasteiger partial charge in [0.2, 0.25) is 0 Å². The third-order valence-corrected chi connectivity index (χ3v) is 3.13. The summed E-state index contributed by atoms with van der Waals surface area (Å²) >= 11 is 0. The highest BCUT2D eigenvalue weighted by molar-refractivity contribution is 5.37. The van der Waals surface area contributed by atoms with Gasteiger partial charge in [0.15, 0.2) is 0 Å². The van der Waals surface area contributed by atoms with Crippen molar-refractivity contribution in [3.63, 3.8) is 0 Å². The number of nitrogens with two attached hydrogens (primary N) is 1. The maximum atomic E-state index is 6.11. The maximum Gasteiger partial charge on any atom is 0.0303 e. The minimum atomic E-state index is 0.273. The van der Waals surface area contributed by atoms with Gasteiger partial charge >= 0.3 is 0 Å². The van der Waals surface area contributed by atoms with Crippen molar-refractivity contribution in [2.45, 2.75) is 38.6 Å². The van der Waals surface area contributed by atoms with Gasteiger partial charge < -0.3 is 5.73 Å². The second-order valence-corrected chi connectivity index (χ2v) is 4.80. The van der Waals surface area contributed by atoms with E-state index >= 15 is 0 Å². The predicted octanol–water partition coefficient (Wildman–Crippen LogP) is 3.22. The lowest BCUT2D eigenvalue weighted by Gasteiger charge is -2.13. The Morgan fingerprint density at radius 3 is 2.57 bits per heavy atom. The second-order valence-electron chi connectivity index (χ2n) is 4.80. The SMILES string of the molecule is CC(C)CC1CC(N)c2ccccc21. The highest BCUT2D eigenvalue weighted by Gasteiger charge is 2.28. The highest BCUT2D eigenvalue weighted by Crippen LogP contribution is 2.41. The van der Waals surface area contributed by atoms with E-state index in [4.69, 9.17) is 5.73 Å². The number of hydrogen-bond donors (Lipinski definition) is 1. The Balaban J connectivity index is 2.25. The largest absolute Gasteiger partial charge is 0.324 e. The smallest absolute Gasteiger partial charge is 0.0303 e. The van der Waals surface area contributed by atoms with Crippen LogP contribution in [0, 0.1) is 5.92 Å². The molecule has 2 rings (SSSR count). The summed E-state index contributed by atoms with van der Waals surface area (Å²) in [5, 5.41) is 0. The Hall–Kier alpha value is -0.820. The molecule has 0 spiro atoms. The first-order valence-electron chi connectivity index (χ1n) is 5.53. The minimum absolute atomic E-state index is 0.273. The fraction of sp³-hybridized carbons (Fsp3) is 0.538. The van der Waals surface area contributed by atoms with Crippen LogP contribution in [-0.2, 0) is 0 Å². The Kier molecular flexibility index (Phi) is 2.60. The molecule has 0 amide bonds. The molecule has 0 aromatic heterocycles. The van der Waals surface area contributed by atoms with Crippen LogP contribution < -0.4 is 5.73 Å². The van der Waals surface area contributed by atoms with Gasteiger partial charge in [-0.25, -0.2) is 0 Å². The van der Waals surface area contributed by atoms with Crippen molar-refractivity contribution in [3.8, 4) is 0 Å². The zero-order valence-corrected chi connectivity index (χ0v) is 9.03. The van der Waals surface area contributed by atoms with Gasteiger partial charge in [0.25, 0.3) is 0 Å². The molecular weight excluding hydrogens is 170 g/mol. The van der Waals surface area contributed by atoms with Crippen molar-refractivity contribution in [1.29, 1.82) is 0 Å². The third-order valence-electron chi connectivity index (χ3n) is 3.13. The molecule has 1 aliphatic carbocycles. The summed E-state index contributed by atoms with van der Waals surface area (Å²) in [7, 11) is 0. The fourth-order valence-electron chi connectivity index (χ4n) is 2.57. The van der Waals surface area contributed by atoms with E-state index in [0.29, 0.717) is 5.92 Å². The van der Waals surface area contributed by atoms with E-state index < -0.39 is 0 Å². The summed E-state index contributed by atoms with van der Waals surface area (Å²) < 4.78 is 0. The Bertz CT molecular complexity index is 315. The summed E-state index contributed by atoms with van der Waals surface area (Å²) in [6.07, 6.45) is 2.40. The van der Waals surface area contributed by atoms with Gasteiger partial charge in [-0.2, -0.15) is 0 Å². The van der Waals surface area contributed by atoms with Crippen molar-refractivity contribution in [1.82, 2.24) is 0 Å². The molecule has 1 heteroatoms. The molecule has 2 unspecified atom stereocenters. The molecule has 0 heterocycles. The van der Waals surface area contributed by atoms with Crippen LogP contribution in [-0.4, -0.2) is 0 Å². The lowest BCUT2D eigenvalue weighted by molar-refractivity contribution is 0.477. The topological polar surface area (TPSA) is 26.0 Å². The van der Waals surface area contributed by atoms with Crippen LogP contribution in [0.2, 0.25) is 0 Å². The molecule has 0 radical (unpaired) electrons. The molecule has 0 saturated heterocycles. The first-order valence-corrected chi connectivity index (χ1v) is 5.53. The van der Waals surface area contributed by atoms with Crippen LogP contribution >= 0.6 is 0 Å². The van der Waals surface area contributed by atoms with Crippen molar-refractivity contribution in [2.24, 2.45) is 11.7 Å². The van der Waals surface area contributed by atoms with Crippen molar-refractivity contribution < 1.29 is 0 Å². The van der Waals surface area contributed by atoms with E-state index in [9.17, 15) is 0 Å². The number of fused-ring (bicyclic) bond motifs is 1. The van der Waals surface area contributed by atoms with E-state index in [0.717, 1.165) is 12.3 Å². The Morgan fingerprint density at radius 1 is 1.29 bits per heavy atom. The minimum Gasteiger partial charge on any atom is -0.324 e. The van der Waals surface area contributed by atoms with Crippen molar-refractivity contribution >= 4 is 0 Å². The van der Waals surface area contributed by atoms with Gasteiger partial charge in [-0.1, -0.05) is 38.1 Å². The molecule has 2 N–H and O–H groups in total. The molecule has 1 aromatic carbocycles. The summed E-state index contributed by atoms with van der Waals surface area (Å²) in [5.74, 6) is 1.46. The first-order chi connectivity index (χ1) is 6.68. The van der Waals surface area contributed by atoms with E-state index in [1.807, 2.05) is 0 Å². The molecule has 0 fully saturated rings. The number of rotatable bonds is 2. The summed E-state index contributed by atoms with van der Waals surface area (Å²) in [6.45, 7) is 4.57. The molecule has 76 valence electrons. The molecule has 2 atom stereocenters. The molecule has 0 bridgehead atoms. The normalized spacial score (nSPS) is 25.4. The van der Waals surface area contributed by atoms with Crippen molar-refractivity contribution in [3.05, 3.63) is 35.4 Å². The lowest BCUT2D eigenvalue weighted by atomic mass is 9.92. The van der Waals surface area contributed by atoms with Crippen LogP contribution in [0.3, 0.4) is 0 Å². The predicted molar refractivity (Wildman–Crippen MR) is 60.2 cm³/mol. The second kappa shape index (κ2) is 3.74. The first kappa shape index (κ1) is 9.72. The van der Waals surface area contributed by atoms with E-state index in [-0.39, 0.29) is 6.04 Å². The number of benzene rings is 1. The standard InChI is InChI=1S/C13H19N/c1-9(2)7-10-8-13(14)12-6-4-3-5-11(10)12/h3-6,9-10,13H,7-8,14H2,1-2H3. The third kappa shape index (κ3) is 1.69. The molecular formula is C13H19N. The van der Waals surface area contributed by atoms with E-state index in [1.165, 1.54) is 17.5 Å². The van der Waals surface area contributed by atoms with E-state index in [1.54, 1.807) is 0 Å². The van der Waals surface area contributed by atoms with Crippen LogP contribution in [0.15, 0.2) is 24.3 Å². The Morgan fingerprint density at radius 2 is 1.93 bits per heavy atom. The average molecular weight is 189 g/mol. The van der Waals surface area contributed by atoms with Crippen LogP contribution in [0.4, 0.5) is 0 Å². The fourth-order valence-corrected chi connectivity index (χ4v) is 2.57. The summed E-state index contributed by atoms with van der Waals surface area (Å²) in [6, 6.07) is 8.92. The molecule has 0 aliphatic heterocycles. The van der Waals surface area contributed by atoms with Crippen LogP contribution in [0.5, 0.6) is 0 Å². The zero-order valence-electron chi connectivity index (χ0n) is 9.03. The lowest BCUT2D eigenvalue weighted by Crippen LogP contribution is -2.06. The Labute approximate surface area is 86.3 Å². The summed E-state index contributed by atoms with van der Waals surface area (Å²) in [5.41, 5.74) is 8.98. The highest BCUT2D eigenvalue weighted by atomic mass is 14.7. The molecule has 14 heavy (non-hydrogen) atoms. The van der Waals surface area contributed by atoms with E-state index in [2.05, 4.69) is 38.1 Å². The van der Waals surface area contributed by atoms with Crippen molar-refractivity contribution in [2.75, 3.05) is 0 Å². The van der Waals surface area contributed by atoms with Gasteiger partial charge in [0.05, 0.1) is 0 Å². The number of hydrogen-bond acceptors (Lipinski definition) is 1. The van der Waals surface area contributed by atoms with Gasteiger partial charge in [-0.15, -0.1) is 0 Å². The maximum absolute atomic E-state index is 6.11. The zero-order chi connectivity index (χ0) is 10.1. The molecule has 1 aromatic rings. The quantitative estimate of drug-likeness (QED) is 0.759. The summed E-state index contributed by atoms with van der Waals surface area (Å²) in [4.78, 5) is 0.